The van der Waals surface area contributed by atoms with E-state index in [0.29, 0.717) is 11.4 Å². The maximum absolute atomic E-state index is 13.5. The third kappa shape index (κ3) is 2.14. The van der Waals surface area contributed by atoms with Gasteiger partial charge in [0.15, 0.2) is 11.6 Å². The van der Waals surface area contributed by atoms with Crippen LogP contribution in [-0.4, -0.2) is 0 Å². The lowest BCUT2D eigenvalue weighted by atomic mass is 10.2. The Labute approximate surface area is 93.5 Å². The third-order valence-corrected chi connectivity index (χ3v) is 2.26. The number of hydrogen-bond acceptors (Lipinski definition) is 2. The second-order valence-corrected chi connectivity index (χ2v) is 3.56. The van der Waals surface area contributed by atoms with Crippen molar-refractivity contribution >= 4 is 5.69 Å². The van der Waals surface area contributed by atoms with Crippen LogP contribution in [0.2, 0.25) is 0 Å². The summed E-state index contributed by atoms with van der Waals surface area (Å²) in [5.74, 6) is 0.464. The Kier molecular flexibility index (Phi) is 2.77. The quantitative estimate of drug-likeness (QED) is 0.781. The van der Waals surface area contributed by atoms with E-state index in [-0.39, 0.29) is 11.6 Å². The summed E-state index contributed by atoms with van der Waals surface area (Å²) >= 11 is 0. The van der Waals surface area contributed by atoms with Gasteiger partial charge in [-0.25, -0.2) is 4.39 Å². The molecule has 2 N–H and O–H groups in total. The third-order valence-electron chi connectivity index (χ3n) is 2.26. The van der Waals surface area contributed by atoms with Crippen molar-refractivity contribution in [3.63, 3.8) is 0 Å². The number of anilines is 1. The average Bonchev–Trinajstić information content (AvgIpc) is 2.26. The molecule has 0 aliphatic carbocycles. The summed E-state index contributed by atoms with van der Waals surface area (Å²) in [6.07, 6.45) is 0. The maximum atomic E-state index is 13.5. The number of benzene rings is 2. The van der Waals surface area contributed by atoms with Crippen LogP contribution in [0.3, 0.4) is 0 Å². The summed E-state index contributed by atoms with van der Waals surface area (Å²) in [4.78, 5) is 0. The monoisotopic (exact) mass is 217 g/mol. The van der Waals surface area contributed by atoms with Gasteiger partial charge in [0.05, 0.1) is 0 Å². The molecule has 3 heteroatoms. The second kappa shape index (κ2) is 4.23. The molecular formula is C13H12FNO. The Morgan fingerprint density at radius 1 is 1.06 bits per heavy atom. The molecule has 0 unspecified atom stereocenters. The number of halogens is 1. The summed E-state index contributed by atoms with van der Waals surface area (Å²) < 4.78 is 18.9. The van der Waals surface area contributed by atoms with Gasteiger partial charge in [-0.15, -0.1) is 0 Å². The van der Waals surface area contributed by atoms with Crippen molar-refractivity contribution < 1.29 is 9.13 Å². The lowest BCUT2D eigenvalue weighted by molar-refractivity contribution is 0.439. The van der Waals surface area contributed by atoms with E-state index >= 15 is 0 Å². The van der Waals surface area contributed by atoms with Gasteiger partial charge in [-0.05, 0) is 42.8 Å². The molecule has 16 heavy (non-hydrogen) atoms. The zero-order chi connectivity index (χ0) is 11.5. The number of rotatable bonds is 2. The topological polar surface area (TPSA) is 35.2 Å². The number of nitrogens with two attached hydrogens (primary N) is 1. The van der Waals surface area contributed by atoms with E-state index in [1.807, 2.05) is 0 Å². The Bertz CT molecular complexity index is 474. The molecule has 0 aliphatic rings. The Morgan fingerprint density at radius 3 is 2.38 bits per heavy atom. The molecule has 0 fully saturated rings. The number of hydrogen-bond donors (Lipinski definition) is 1. The molecule has 0 aliphatic heterocycles. The van der Waals surface area contributed by atoms with Crippen LogP contribution in [0.1, 0.15) is 5.56 Å². The molecule has 0 atom stereocenters. The fourth-order valence-electron chi connectivity index (χ4n) is 1.40. The van der Waals surface area contributed by atoms with E-state index < -0.39 is 0 Å². The van der Waals surface area contributed by atoms with Gasteiger partial charge in [0, 0.05) is 5.69 Å². The first kappa shape index (κ1) is 10.5. The highest BCUT2D eigenvalue weighted by atomic mass is 19.1. The molecule has 2 aromatic rings. The molecule has 2 aromatic carbocycles. The SMILES string of the molecule is Cc1cccc(F)c1Oc1ccc(N)cc1. The zero-order valence-corrected chi connectivity index (χ0v) is 8.91. The van der Waals surface area contributed by atoms with Crippen LogP contribution in [0.5, 0.6) is 11.5 Å². The molecule has 2 rings (SSSR count). The maximum Gasteiger partial charge on any atom is 0.165 e. The highest BCUT2D eigenvalue weighted by Gasteiger charge is 2.07. The van der Waals surface area contributed by atoms with Crippen molar-refractivity contribution in [1.82, 2.24) is 0 Å². The Hall–Kier alpha value is -2.03. The van der Waals surface area contributed by atoms with Gasteiger partial charge < -0.3 is 10.5 Å². The standard InChI is InChI=1S/C13H12FNO/c1-9-3-2-4-12(14)13(9)16-11-7-5-10(15)6-8-11/h2-8H,15H2,1H3. The van der Waals surface area contributed by atoms with Gasteiger partial charge in [-0.2, -0.15) is 0 Å². The average molecular weight is 217 g/mol. The van der Waals surface area contributed by atoms with E-state index in [4.69, 9.17) is 10.5 Å². The van der Waals surface area contributed by atoms with Crippen molar-refractivity contribution in [3.05, 3.63) is 53.8 Å². The number of aryl methyl sites for hydroxylation is 1. The van der Waals surface area contributed by atoms with Crippen molar-refractivity contribution in [3.8, 4) is 11.5 Å². The molecule has 0 saturated carbocycles. The molecule has 0 saturated heterocycles. The molecule has 0 bridgehead atoms. The minimum Gasteiger partial charge on any atom is -0.454 e. The van der Waals surface area contributed by atoms with Crippen LogP contribution in [0, 0.1) is 12.7 Å². The fraction of sp³-hybridized carbons (Fsp3) is 0.0769. The van der Waals surface area contributed by atoms with Gasteiger partial charge in [0.2, 0.25) is 0 Å². The summed E-state index contributed by atoms with van der Waals surface area (Å²) in [5.41, 5.74) is 6.96. The van der Waals surface area contributed by atoms with Gasteiger partial charge in [0.25, 0.3) is 0 Å². The van der Waals surface area contributed by atoms with Crippen LogP contribution in [0.15, 0.2) is 42.5 Å². The first-order valence-corrected chi connectivity index (χ1v) is 4.95. The van der Waals surface area contributed by atoms with Crippen molar-refractivity contribution in [2.75, 3.05) is 5.73 Å². The molecule has 2 nitrogen and oxygen atoms in total. The number of para-hydroxylation sites is 1. The molecule has 0 heterocycles. The molecule has 0 amide bonds. The summed E-state index contributed by atoms with van der Waals surface area (Å²) in [6, 6.07) is 11.7. The lowest BCUT2D eigenvalue weighted by Crippen LogP contribution is -1.91. The van der Waals surface area contributed by atoms with E-state index in [2.05, 4.69) is 0 Å². The van der Waals surface area contributed by atoms with Crippen LogP contribution in [-0.2, 0) is 0 Å². The summed E-state index contributed by atoms with van der Waals surface area (Å²) in [6.45, 7) is 1.80. The largest absolute Gasteiger partial charge is 0.454 e. The first-order valence-electron chi connectivity index (χ1n) is 4.95. The van der Waals surface area contributed by atoms with Crippen molar-refractivity contribution in [2.45, 2.75) is 6.92 Å². The molecule has 82 valence electrons. The Balaban J connectivity index is 2.30. The van der Waals surface area contributed by atoms with Crippen molar-refractivity contribution in [2.24, 2.45) is 0 Å². The molecular weight excluding hydrogens is 205 g/mol. The number of nitrogen functional groups attached to an aromatic ring is 1. The van der Waals surface area contributed by atoms with Gasteiger partial charge in [0.1, 0.15) is 5.75 Å². The van der Waals surface area contributed by atoms with Crippen LogP contribution < -0.4 is 10.5 Å². The van der Waals surface area contributed by atoms with E-state index in [9.17, 15) is 4.39 Å². The summed E-state index contributed by atoms with van der Waals surface area (Å²) in [5, 5.41) is 0. The minimum atomic E-state index is -0.364. The smallest absolute Gasteiger partial charge is 0.165 e. The normalized spacial score (nSPS) is 10.1. The molecule has 0 spiro atoms. The van der Waals surface area contributed by atoms with Gasteiger partial charge in [-0.1, -0.05) is 12.1 Å². The molecule has 0 radical (unpaired) electrons. The van der Waals surface area contributed by atoms with Gasteiger partial charge >= 0.3 is 0 Å². The van der Waals surface area contributed by atoms with E-state index in [0.717, 1.165) is 5.56 Å². The minimum absolute atomic E-state index is 0.257. The predicted molar refractivity (Wildman–Crippen MR) is 62.1 cm³/mol. The highest BCUT2D eigenvalue weighted by Crippen LogP contribution is 2.28. The number of ether oxygens (including phenoxy) is 1. The molecule has 0 aromatic heterocycles. The van der Waals surface area contributed by atoms with Gasteiger partial charge in [-0.3, -0.25) is 0 Å². The predicted octanol–water partition coefficient (Wildman–Crippen LogP) is 3.51. The van der Waals surface area contributed by atoms with E-state index in [1.54, 1.807) is 43.3 Å². The Morgan fingerprint density at radius 2 is 1.75 bits per heavy atom. The van der Waals surface area contributed by atoms with Crippen LogP contribution in [0.25, 0.3) is 0 Å². The second-order valence-electron chi connectivity index (χ2n) is 3.56. The van der Waals surface area contributed by atoms with Crippen LogP contribution in [0.4, 0.5) is 10.1 Å². The highest BCUT2D eigenvalue weighted by molar-refractivity contribution is 5.44. The van der Waals surface area contributed by atoms with E-state index in [1.165, 1.54) is 6.07 Å². The van der Waals surface area contributed by atoms with Crippen molar-refractivity contribution in [1.29, 1.82) is 0 Å². The summed E-state index contributed by atoms with van der Waals surface area (Å²) in [7, 11) is 0. The zero-order valence-electron chi connectivity index (χ0n) is 8.91. The fourth-order valence-corrected chi connectivity index (χ4v) is 1.40. The first-order chi connectivity index (χ1) is 7.66. The lowest BCUT2D eigenvalue weighted by Gasteiger charge is -2.09. The van der Waals surface area contributed by atoms with Crippen LogP contribution >= 0.6 is 0 Å².